The van der Waals surface area contributed by atoms with Gasteiger partial charge in [-0.25, -0.2) is 0 Å². The second-order valence-corrected chi connectivity index (χ2v) is 12.8. The van der Waals surface area contributed by atoms with Crippen LogP contribution in [0.15, 0.2) is 54.9 Å². The van der Waals surface area contributed by atoms with E-state index < -0.39 is 0 Å². The summed E-state index contributed by atoms with van der Waals surface area (Å²) in [6.07, 6.45) is 15.1. The lowest BCUT2D eigenvalue weighted by Crippen LogP contribution is -2.51. The summed E-state index contributed by atoms with van der Waals surface area (Å²) in [5.41, 5.74) is 3.13. The summed E-state index contributed by atoms with van der Waals surface area (Å²) in [4.78, 5) is 15.2. The van der Waals surface area contributed by atoms with Gasteiger partial charge in [0, 0.05) is 61.9 Å². The number of aromatic nitrogens is 2. The molecule has 0 bridgehead atoms. The van der Waals surface area contributed by atoms with E-state index in [1.807, 2.05) is 23.1 Å². The minimum atomic E-state index is 0. The van der Waals surface area contributed by atoms with E-state index in [9.17, 15) is 4.79 Å². The Bertz CT molecular complexity index is 1530. The van der Waals surface area contributed by atoms with Gasteiger partial charge in [0.05, 0.1) is 30.8 Å². The minimum absolute atomic E-state index is 0. The number of halogens is 1. The monoisotopic (exact) mass is 620 g/mol. The maximum absolute atomic E-state index is 13.3. The van der Waals surface area contributed by atoms with Crippen LogP contribution in [0.3, 0.4) is 0 Å². The molecular weight excluding hydrogens is 572 g/mol. The van der Waals surface area contributed by atoms with Gasteiger partial charge in [-0.15, -0.1) is 12.4 Å². The topological polar surface area (TPSA) is 60.7 Å². The zero-order chi connectivity index (χ0) is 29.8. The Balaban J connectivity index is 0.000000185. The number of ether oxygens (including phenoxy) is 2. The van der Waals surface area contributed by atoms with Gasteiger partial charge in [0.15, 0.2) is 0 Å². The summed E-state index contributed by atoms with van der Waals surface area (Å²) in [6.45, 7) is 6.63. The second-order valence-electron chi connectivity index (χ2n) is 12.8. The van der Waals surface area contributed by atoms with Crippen LogP contribution in [0.2, 0.25) is 0 Å². The normalized spacial score (nSPS) is 19.2. The molecule has 3 heterocycles. The van der Waals surface area contributed by atoms with Crippen molar-refractivity contribution in [2.24, 2.45) is 11.8 Å². The lowest BCUT2D eigenvalue weighted by Gasteiger charge is -2.31. The number of carbonyl (C=O) groups excluding carboxylic acids is 1. The van der Waals surface area contributed by atoms with Gasteiger partial charge in [-0.3, -0.25) is 4.79 Å². The van der Waals surface area contributed by atoms with E-state index in [0.29, 0.717) is 12.0 Å². The second kappa shape index (κ2) is 14.7. The van der Waals surface area contributed by atoms with Crippen molar-refractivity contribution in [1.29, 1.82) is 0 Å². The Morgan fingerprint density at radius 3 is 2.09 bits per heavy atom. The highest BCUT2D eigenvalue weighted by atomic mass is 35.5. The molecule has 2 saturated carbocycles. The molecule has 2 aromatic heterocycles. The number of nitrogens with zero attached hydrogens (tertiary/aromatic N) is 3. The number of fused-ring (bicyclic) bond motifs is 2. The Labute approximate surface area is 268 Å². The number of carbonyl (C=O) groups is 1. The van der Waals surface area contributed by atoms with Crippen molar-refractivity contribution < 1.29 is 14.3 Å². The standard InChI is InChI=1S/C21H29N3O2.C15H19NO.ClH/c1-15-12-23(11-10-22-15)21(25)18-14-24(13-16-6-3-4-7-16)20-17(18)8-5-9-19(20)26-2;1-17-14-8-4-7-13-9-10-16(15(13)14)11-12-5-2-3-6-12;/h5,8-9,14-16,22H,3-4,6-7,10-13H2,1-2H3;4,7-10,12H,2-3,5-6,11H2,1H3;1H/t15-;;/m0../s1. The van der Waals surface area contributed by atoms with Crippen LogP contribution < -0.4 is 14.8 Å². The SMILES string of the molecule is COc1cccc2c(C(=O)N3CCN[C@@H](C)C3)cn(CC3CCCC3)c12.COc1cccc2ccn(CC3CCCC3)c12.Cl. The maximum Gasteiger partial charge on any atom is 0.256 e. The molecule has 3 fully saturated rings. The molecule has 1 aliphatic heterocycles. The Hall–Kier alpha value is -3.16. The van der Waals surface area contributed by atoms with Crippen LogP contribution in [-0.2, 0) is 13.1 Å². The predicted octanol–water partition coefficient (Wildman–Crippen LogP) is 7.54. The summed E-state index contributed by atoms with van der Waals surface area (Å²) in [5.74, 6) is 3.55. The lowest BCUT2D eigenvalue weighted by molar-refractivity contribution is 0.0711. The molecule has 3 aliphatic rings. The molecule has 1 N–H and O–H groups in total. The molecule has 238 valence electrons. The highest BCUT2D eigenvalue weighted by Gasteiger charge is 2.27. The van der Waals surface area contributed by atoms with E-state index in [0.717, 1.165) is 66.6 Å². The van der Waals surface area contributed by atoms with Crippen molar-refractivity contribution in [1.82, 2.24) is 19.4 Å². The fraction of sp³-hybridized carbons (Fsp3) is 0.528. The van der Waals surface area contributed by atoms with Gasteiger partial charge >= 0.3 is 0 Å². The molecule has 1 amide bonds. The molecular formula is C36H49ClN4O3. The predicted molar refractivity (Wildman–Crippen MR) is 182 cm³/mol. The molecule has 2 aliphatic carbocycles. The summed E-state index contributed by atoms with van der Waals surface area (Å²) in [5, 5.41) is 5.70. The van der Waals surface area contributed by atoms with Crippen molar-refractivity contribution in [3.8, 4) is 11.5 Å². The summed E-state index contributed by atoms with van der Waals surface area (Å²) in [7, 11) is 3.46. The van der Waals surface area contributed by atoms with Gasteiger partial charge in [0.25, 0.3) is 5.91 Å². The van der Waals surface area contributed by atoms with Crippen LogP contribution in [0.4, 0.5) is 0 Å². The van der Waals surface area contributed by atoms with Crippen LogP contribution in [0.25, 0.3) is 21.8 Å². The molecule has 4 aromatic rings. The Morgan fingerprint density at radius 2 is 1.45 bits per heavy atom. The van der Waals surface area contributed by atoms with Gasteiger partial charge in [0.1, 0.15) is 11.5 Å². The van der Waals surface area contributed by atoms with Crippen LogP contribution in [-0.4, -0.2) is 59.8 Å². The van der Waals surface area contributed by atoms with Crippen molar-refractivity contribution >= 4 is 40.1 Å². The number of hydrogen-bond acceptors (Lipinski definition) is 4. The molecule has 1 atom stereocenters. The first-order valence-corrected chi connectivity index (χ1v) is 16.4. The number of benzene rings is 2. The molecule has 1 saturated heterocycles. The highest BCUT2D eigenvalue weighted by molar-refractivity contribution is 6.08. The number of para-hydroxylation sites is 2. The highest BCUT2D eigenvalue weighted by Crippen LogP contribution is 2.34. The number of nitrogens with one attached hydrogen (secondary N) is 1. The zero-order valence-corrected chi connectivity index (χ0v) is 27.4. The van der Waals surface area contributed by atoms with E-state index in [2.05, 4.69) is 58.0 Å². The smallest absolute Gasteiger partial charge is 0.256 e. The number of amides is 1. The van der Waals surface area contributed by atoms with E-state index in [1.54, 1.807) is 14.2 Å². The molecule has 7 nitrogen and oxygen atoms in total. The molecule has 0 spiro atoms. The van der Waals surface area contributed by atoms with Crippen molar-refractivity contribution in [2.75, 3.05) is 33.9 Å². The van der Waals surface area contributed by atoms with Crippen LogP contribution in [0.1, 0.15) is 68.6 Å². The minimum Gasteiger partial charge on any atom is -0.495 e. The first-order chi connectivity index (χ1) is 21.1. The van der Waals surface area contributed by atoms with E-state index in [4.69, 9.17) is 9.47 Å². The molecule has 2 aromatic carbocycles. The van der Waals surface area contributed by atoms with E-state index >= 15 is 0 Å². The fourth-order valence-electron chi connectivity index (χ4n) is 7.58. The van der Waals surface area contributed by atoms with Crippen LogP contribution in [0, 0.1) is 11.8 Å². The van der Waals surface area contributed by atoms with Crippen molar-refractivity contribution in [2.45, 2.75) is 77.4 Å². The fourth-order valence-corrected chi connectivity index (χ4v) is 7.58. The summed E-state index contributed by atoms with van der Waals surface area (Å²) in [6, 6.07) is 14.8. The average Bonchev–Trinajstić information content (AvgIpc) is 3.86. The van der Waals surface area contributed by atoms with Gasteiger partial charge in [-0.2, -0.15) is 0 Å². The summed E-state index contributed by atoms with van der Waals surface area (Å²) >= 11 is 0. The third-order valence-corrected chi connectivity index (χ3v) is 9.80. The number of hydrogen-bond donors (Lipinski definition) is 1. The zero-order valence-electron chi connectivity index (χ0n) is 26.6. The van der Waals surface area contributed by atoms with Gasteiger partial charge < -0.3 is 28.8 Å². The molecule has 0 unspecified atom stereocenters. The number of methoxy groups -OCH3 is 2. The van der Waals surface area contributed by atoms with Crippen molar-refractivity contribution in [3.63, 3.8) is 0 Å². The van der Waals surface area contributed by atoms with E-state index in [1.165, 1.54) is 62.3 Å². The first kappa shape index (κ1) is 32.2. The molecule has 7 rings (SSSR count). The Kier molecular flexibility index (Phi) is 10.8. The Morgan fingerprint density at radius 1 is 0.841 bits per heavy atom. The van der Waals surface area contributed by atoms with Gasteiger partial charge in [0.2, 0.25) is 0 Å². The number of rotatable bonds is 7. The quantitative estimate of drug-likeness (QED) is 0.232. The molecule has 44 heavy (non-hydrogen) atoms. The lowest BCUT2D eigenvalue weighted by atomic mass is 10.1. The molecule has 8 heteroatoms. The summed E-state index contributed by atoms with van der Waals surface area (Å²) < 4.78 is 15.7. The van der Waals surface area contributed by atoms with Crippen LogP contribution in [0.5, 0.6) is 11.5 Å². The maximum atomic E-state index is 13.3. The molecule has 0 radical (unpaired) electrons. The van der Waals surface area contributed by atoms with Crippen LogP contribution >= 0.6 is 12.4 Å². The largest absolute Gasteiger partial charge is 0.495 e. The van der Waals surface area contributed by atoms with Gasteiger partial charge in [-0.05, 0) is 62.6 Å². The third kappa shape index (κ3) is 6.89. The third-order valence-electron chi connectivity index (χ3n) is 9.80. The van der Waals surface area contributed by atoms with Crippen molar-refractivity contribution in [3.05, 3.63) is 60.4 Å². The van der Waals surface area contributed by atoms with E-state index in [-0.39, 0.29) is 18.3 Å². The number of piperazine rings is 1. The van der Waals surface area contributed by atoms with Gasteiger partial charge in [-0.1, -0.05) is 49.9 Å². The first-order valence-electron chi connectivity index (χ1n) is 16.4. The average molecular weight is 621 g/mol.